The topological polar surface area (TPSA) is 61.4 Å². The summed E-state index contributed by atoms with van der Waals surface area (Å²) in [6, 6.07) is 0.201. The molecule has 1 atom stereocenters. The lowest BCUT2D eigenvalue weighted by Gasteiger charge is -2.29. The van der Waals surface area contributed by atoms with Crippen molar-refractivity contribution in [3.8, 4) is 0 Å². The molecular weight excluding hydrogens is 238 g/mol. The zero-order valence-corrected chi connectivity index (χ0v) is 12.0. The van der Waals surface area contributed by atoms with Gasteiger partial charge in [-0.15, -0.1) is 0 Å². The highest BCUT2D eigenvalue weighted by Crippen LogP contribution is 2.12. The van der Waals surface area contributed by atoms with Gasteiger partial charge in [-0.05, 0) is 47.1 Å². The average molecular weight is 263 g/mol. The highest BCUT2D eigenvalue weighted by Gasteiger charge is 2.29. The Morgan fingerprint density at radius 3 is 2.41 bits per heavy atom. The van der Waals surface area contributed by atoms with Gasteiger partial charge >= 0.3 is 0 Å². The molecule has 0 saturated carbocycles. The summed E-state index contributed by atoms with van der Waals surface area (Å²) >= 11 is 0. The second-order valence-electron chi connectivity index (χ2n) is 5.23. The minimum absolute atomic E-state index is 0.0198. The minimum Gasteiger partial charge on any atom is -0.313 e. The van der Waals surface area contributed by atoms with Crippen molar-refractivity contribution in [2.45, 2.75) is 58.7 Å². The number of nitrogens with one attached hydrogen (secondary N) is 2. The van der Waals surface area contributed by atoms with Crippen molar-refractivity contribution in [3.05, 3.63) is 0 Å². The highest BCUT2D eigenvalue weighted by molar-refractivity contribution is 7.87. The number of nitrogens with zero attached hydrogens (tertiary/aromatic N) is 1. The number of hydrogen-bond acceptors (Lipinski definition) is 3. The Labute approximate surface area is 105 Å². The third-order valence-electron chi connectivity index (χ3n) is 2.83. The maximum atomic E-state index is 12.2. The van der Waals surface area contributed by atoms with E-state index < -0.39 is 10.2 Å². The predicted octanol–water partition coefficient (Wildman–Crippen LogP) is 0.692. The lowest BCUT2D eigenvalue weighted by Crippen LogP contribution is -2.50. The maximum Gasteiger partial charge on any atom is 0.279 e. The van der Waals surface area contributed by atoms with Crippen LogP contribution >= 0.6 is 0 Å². The van der Waals surface area contributed by atoms with E-state index in [-0.39, 0.29) is 12.1 Å². The number of rotatable bonds is 6. The van der Waals surface area contributed by atoms with Gasteiger partial charge in [0.1, 0.15) is 0 Å². The highest BCUT2D eigenvalue weighted by atomic mass is 32.2. The molecule has 1 saturated heterocycles. The first-order chi connectivity index (χ1) is 7.83. The van der Waals surface area contributed by atoms with Gasteiger partial charge in [0.2, 0.25) is 0 Å². The molecule has 1 fully saturated rings. The Bertz CT molecular complexity index is 322. The fraction of sp³-hybridized carbons (Fsp3) is 1.00. The summed E-state index contributed by atoms with van der Waals surface area (Å²) in [5.41, 5.74) is 0. The van der Waals surface area contributed by atoms with Gasteiger partial charge in [0.15, 0.2) is 0 Å². The van der Waals surface area contributed by atoms with Crippen LogP contribution in [0.1, 0.15) is 40.5 Å². The van der Waals surface area contributed by atoms with Crippen LogP contribution < -0.4 is 10.0 Å². The third kappa shape index (κ3) is 4.54. The molecule has 1 rings (SSSR count). The Balaban J connectivity index is 2.70. The molecule has 17 heavy (non-hydrogen) atoms. The molecule has 1 heterocycles. The molecule has 0 aromatic heterocycles. The van der Waals surface area contributed by atoms with Crippen molar-refractivity contribution >= 4 is 10.2 Å². The molecule has 1 unspecified atom stereocenters. The van der Waals surface area contributed by atoms with Crippen molar-refractivity contribution in [1.82, 2.24) is 14.3 Å². The molecule has 2 N–H and O–H groups in total. The van der Waals surface area contributed by atoms with Crippen LogP contribution in [-0.2, 0) is 10.2 Å². The quantitative estimate of drug-likeness (QED) is 0.741. The minimum atomic E-state index is -3.37. The molecule has 0 amide bonds. The first kappa shape index (κ1) is 14.9. The smallest absolute Gasteiger partial charge is 0.279 e. The van der Waals surface area contributed by atoms with Gasteiger partial charge in [0.25, 0.3) is 10.2 Å². The molecule has 0 radical (unpaired) electrons. The second kappa shape index (κ2) is 6.13. The van der Waals surface area contributed by atoms with E-state index >= 15 is 0 Å². The fourth-order valence-electron chi connectivity index (χ4n) is 2.08. The Morgan fingerprint density at radius 1 is 1.35 bits per heavy atom. The summed E-state index contributed by atoms with van der Waals surface area (Å²) < 4.78 is 28.5. The molecule has 0 aliphatic carbocycles. The van der Waals surface area contributed by atoms with Crippen LogP contribution in [0.5, 0.6) is 0 Å². The summed E-state index contributed by atoms with van der Waals surface area (Å²) in [5.74, 6) is 0. The van der Waals surface area contributed by atoms with Crippen LogP contribution in [0.2, 0.25) is 0 Å². The zero-order chi connectivity index (χ0) is 13.1. The van der Waals surface area contributed by atoms with Crippen molar-refractivity contribution < 1.29 is 8.42 Å². The predicted molar refractivity (Wildman–Crippen MR) is 70.1 cm³/mol. The molecule has 0 aromatic rings. The molecule has 102 valence electrons. The summed E-state index contributed by atoms with van der Waals surface area (Å²) in [6.45, 7) is 9.05. The summed E-state index contributed by atoms with van der Waals surface area (Å²) in [7, 11) is -3.37. The van der Waals surface area contributed by atoms with Crippen LogP contribution in [0.3, 0.4) is 0 Å². The van der Waals surface area contributed by atoms with Crippen LogP contribution in [-0.4, -0.2) is 43.9 Å². The first-order valence-electron chi connectivity index (χ1n) is 6.35. The average Bonchev–Trinajstić information content (AvgIpc) is 2.63. The van der Waals surface area contributed by atoms with Gasteiger partial charge in [-0.3, -0.25) is 0 Å². The standard InChI is InChI=1S/C11H25N3O2S/c1-9(2)13-17(15,16)14(10(3)4)8-11-6-5-7-12-11/h9-13H,5-8H2,1-4H3. The first-order valence-corrected chi connectivity index (χ1v) is 7.79. The molecular formula is C11H25N3O2S. The summed E-state index contributed by atoms with van der Waals surface area (Å²) in [6.07, 6.45) is 2.19. The monoisotopic (exact) mass is 263 g/mol. The van der Waals surface area contributed by atoms with E-state index in [4.69, 9.17) is 0 Å². The van der Waals surface area contributed by atoms with Gasteiger partial charge in [-0.25, -0.2) is 0 Å². The van der Waals surface area contributed by atoms with E-state index in [2.05, 4.69) is 10.0 Å². The van der Waals surface area contributed by atoms with E-state index in [0.29, 0.717) is 12.6 Å². The SMILES string of the molecule is CC(C)NS(=O)(=O)N(CC1CCCN1)C(C)C. The van der Waals surface area contributed by atoms with Crippen molar-refractivity contribution in [2.75, 3.05) is 13.1 Å². The van der Waals surface area contributed by atoms with Crippen LogP contribution in [0.4, 0.5) is 0 Å². The largest absolute Gasteiger partial charge is 0.313 e. The van der Waals surface area contributed by atoms with Crippen LogP contribution in [0, 0.1) is 0 Å². The van der Waals surface area contributed by atoms with E-state index in [0.717, 1.165) is 19.4 Å². The molecule has 5 nitrogen and oxygen atoms in total. The molecule has 0 spiro atoms. The van der Waals surface area contributed by atoms with Crippen molar-refractivity contribution in [2.24, 2.45) is 0 Å². The van der Waals surface area contributed by atoms with E-state index in [1.807, 2.05) is 27.7 Å². The molecule has 0 bridgehead atoms. The van der Waals surface area contributed by atoms with Gasteiger partial charge in [0, 0.05) is 24.7 Å². The molecule has 0 aromatic carbocycles. The maximum absolute atomic E-state index is 12.2. The van der Waals surface area contributed by atoms with Crippen LogP contribution in [0.25, 0.3) is 0 Å². The van der Waals surface area contributed by atoms with E-state index in [9.17, 15) is 8.42 Å². The lowest BCUT2D eigenvalue weighted by molar-refractivity contribution is 0.316. The number of hydrogen-bond donors (Lipinski definition) is 2. The molecule has 6 heteroatoms. The van der Waals surface area contributed by atoms with E-state index in [1.165, 1.54) is 0 Å². The van der Waals surface area contributed by atoms with Gasteiger partial charge in [-0.1, -0.05) is 0 Å². The van der Waals surface area contributed by atoms with Gasteiger partial charge in [-0.2, -0.15) is 17.4 Å². The normalized spacial score (nSPS) is 21.9. The van der Waals surface area contributed by atoms with Gasteiger partial charge in [0.05, 0.1) is 0 Å². The Kier molecular flexibility index (Phi) is 5.37. The Hall–Kier alpha value is -0.170. The molecule has 1 aliphatic rings. The van der Waals surface area contributed by atoms with E-state index in [1.54, 1.807) is 4.31 Å². The Morgan fingerprint density at radius 2 is 2.00 bits per heavy atom. The van der Waals surface area contributed by atoms with Gasteiger partial charge < -0.3 is 5.32 Å². The van der Waals surface area contributed by atoms with Crippen LogP contribution in [0.15, 0.2) is 0 Å². The lowest BCUT2D eigenvalue weighted by atomic mass is 10.2. The molecule has 1 aliphatic heterocycles. The van der Waals surface area contributed by atoms with Crippen molar-refractivity contribution in [3.63, 3.8) is 0 Å². The third-order valence-corrected chi connectivity index (χ3v) is 4.79. The second-order valence-corrected chi connectivity index (χ2v) is 6.89. The zero-order valence-electron chi connectivity index (χ0n) is 11.2. The summed E-state index contributed by atoms with van der Waals surface area (Å²) in [5, 5.41) is 3.33. The fourth-order valence-corrected chi connectivity index (χ4v) is 3.74. The summed E-state index contributed by atoms with van der Waals surface area (Å²) in [4.78, 5) is 0. The van der Waals surface area contributed by atoms with Crippen molar-refractivity contribution in [1.29, 1.82) is 0 Å².